The normalized spacial score (nSPS) is 18.9. The van der Waals surface area contributed by atoms with E-state index in [1.807, 2.05) is 30.3 Å². The lowest BCUT2D eigenvalue weighted by Crippen LogP contribution is -2.45. The fourth-order valence-corrected chi connectivity index (χ4v) is 3.93. The zero-order chi connectivity index (χ0) is 20.4. The van der Waals surface area contributed by atoms with E-state index in [2.05, 4.69) is 14.9 Å². The van der Waals surface area contributed by atoms with Crippen LogP contribution in [-0.4, -0.2) is 58.2 Å². The highest BCUT2D eigenvalue weighted by atomic mass is 16.3. The molecule has 1 amide bonds. The van der Waals surface area contributed by atoms with Crippen LogP contribution in [0.4, 0.5) is 5.69 Å². The number of benzene rings is 1. The van der Waals surface area contributed by atoms with Gasteiger partial charge in [-0.25, -0.2) is 0 Å². The van der Waals surface area contributed by atoms with Crippen LogP contribution in [0, 0.1) is 0 Å². The topological polar surface area (TPSA) is 95.6 Å². The number of carbonyl (C=O) groups is 1. The molecular formula is C22H25N5O2. The van der Waals surface area contributed by atoms with E-state index in [0.29, 0.717) is 31.6 Å². The number of amides is 1. The minimum absolute atomic E-state index is 0.114. The molecule has 1 fully saturated rings. The summed E-state index contributed by atoms with van der Waals surface area (Å²) in [6.07, 6.45) is 4.09. The molecule has 7 heteroatoms. The molecule has 1 saturated heterocycles. The van der Waals surface area contributed by atoms with Crippen LogP contribution in [0.25, 0.3) is 11.0 Å². The molecule has 1 aliphatic rings. The molecule has 0 aliphatic carbocycles. The summed E-state index contributed by atoms with van der Waals surface area (Å²) >= 11 is 0. The van der Waals surface area contributed by atoms with Crippen LogP contribution >= 0.6 is 0 Å². The number of β-amino-alcohol motifs (C(OH)–C–C–N with tert-alkyl or cyclic N) is 1. The molecule has 0 radical (unpaired) electrons. The van der Waals surface area contributed by atoms with Crippen LogP contribution in [0.3, 0.4) is 0 Å². The number of aromatic nitrogens is 2. The molecule has 0 saturated carbocycles. The second-order valence-corrected chi connectivity index (χ2v) is 7.66. The van der Waals surface area contributed by atoms with Crippen LogP contribution in [0.2, 0.25) is 0 Å². The van der Waals surface area contributed by atoms with Gasteiger partial charge in [-0.1, -0.05) is 12.1 Å². The lowest BCUT2D eigenvalue weighted by atomic mass is 10.0. The van der Waals surface area contributed by atoms with Gasteiger partial charge in [0, 0.05) is 44.6 Å². The van der Waals surface area contributed by atoms with E-state index in [1.54, 1.807) is 36.5 Å². The maximum atomic E-state index is 12.8. The Morgan fingerprint density at radius 3 is 2.76 bits per heavy atom. The number of anilines is 1. The van der Waals surface area contributed by atoms with Crippen LogP contribution in [-0.2, 0) is 6.54 Å². The van der Waals surface area contributed by atoms with Crippen molar-refractivity contribution in [2.24, 2.45) is 5.73 Å². The van der Waals surface area contributed by atoms with Crippen LogP contribution < -0.4 is 10.6 Å². The maximum absolute atomic E-state index is 12.8. The van der Waals surface area contributed by atoms with E-state index in [9.17, 15) is 9.90 Å². The molecule has 0 unspecified atom stereocenters. The van der Waals surface area contributed by atoms with Gasteiger partial charge in [0.25, 0.3) is 5.91 Å². The predicted octanol–water partition coefficient (Wildman–Crippen LogP) is 1.80. The van der Waals surface area contributed by atoms with E-state index in [1.165, 1.54) is 0 Å². The minimum atomic E-state index is -0.980. The summed E-state index contributed by atoms with van der Waals surface area (Å²) < 4.78 is 0. The number of aliphatic hydroxyl groups is 1. The Morgan fingerprint density at radius 2 is 2.00 bits per heavy atom. The second kappa shape index (κ2) is 7.77. The van der Waals surface area contributed by atoms with Crippen LogP contribution in [0.15, 0.2) is 54.9 Å². The van der Waals surface area contributed by atoms with Crippen molar-refractivity contribution in [3.05, 3.63) is 66.0 Å². The first-order valence-corrected chi connectivity index (χ1v) is 9.71. The maximum Gasteiger partial charge on any atom is 0.253 e. The molecule has 1 aliphatic heterocycles. The van der Waals surface area contributed by atoms with Crippen molar-refractivity contribution < 1.29 is 9.90 Å². The zero-order valence-corrected chi connectivity index (χ0v) is 16.5. The highest BCUT2D eigenvalue weighted by Crippen LogP contribution is 2.31. The fraction of sp³-hybridized carbons (Fsp3) is 0.318. The third kappa shape index (κ3) is 3.92. The number of likely N-dealkylation sites (N-methyl/N-ethyl adjacent to an activating group) is 1. The van der Waals surface area contributed by atoms with Gasteiger partial charge >= 0.3 is 0 Å². The van der Waals surface area contributed by atoms with Gasteiger partial charge in [-0.15, -0.1) is 0 Å². The van der Waals surface area contributed by atoms with E-state index >= 15 is 0 Å². The number of nitrogens with two attached hydrogens (primary N) is 1. The molecule has 2 aromatic heterocycles. The van der Waals surface area contributed by atoms with Crippen molar-refractivity contribution in [2.45, 2.75) is 18.6 Å². The van der Waals surface area contributed by atoms with Gasteiger partial charge in [-0.2, -0.15) is 0 Å². The Balaban J connectivity index is 1.47. The van der Waals surface area contributed by atoms with Crippen molar-refractivity contribution in [3.63, 3.8) is 0 Å². The van der Waals surface area contributed by atoms with E-state index in [0.717, 1.165) is 22.3 Å². The number of nitrogens with zero attached hydrogens (tertiary/aromatic N) is 4. The number of carbonyl (C=O) groups excluding carboxylic acids is 1. The fourth-order valence-electron chi connectivity index (χ4n) is 3.93. The van der Waals surface area contributed by atoms with Crippen molar-refractivity contribution in [1.29, 1.82) is 0 Å². The SMILES string of the molecule is CN(C[C@]1(O)CCN(c2ccnc3cccnc23)C1)C(=O)c1ccc(CN)cc1. The monoisotopic (exact) mass is 391 g/mol. The van der Waals surface area contributed by atoms with Crippen LogP contribution in [0.5, 0.6) is 0 Å². The number of rotatable bonds is 5. The van der Waals surface area contributed by atoms with Gasteiger partial charge in [-0.3, -0.25) is 14.8 Å². The zero-order valence-electron chi connectivity index (χ0n) is 16.5. The average molecular weight is 391 g/mol. The lowest BCUT2D eigenvalue weighted by molar-refractivity contribution is 0.0264. The largest absolute Gasteiger partial charge is 0.386 e. The molecule has 3 aromatic rings. The molecule has 3 N–H and O–H groups in total. The number of hydrogen-bond acceptors (Lipinski definition) is 6. The van der Waals surface area contributed by atoms with Gasteiger partial charge in [0.05, 0.1) is 17.7 Å². The molecule has 29 heavy (non-hydrogen) atoms. The Hall–Kier alpha value is -3.03. The van der Waals surface area contributed by atoms with Crippen molar-refractivity contribution >= 4 is 22.6 Å². The Kier molecular flexibility index (Phi) is 5.17. The summed E-state index contributed by atoms with van der Waals surface area (Å²) in [4.78, 5) is 25.3. The van der Waals surface area contributed by atoms with E-state index in [4.69, 9.17) is 5.73 Å². The molecule has 150 valence electrons. The standard InChI is InChI=1S/C22H25N5O2/c1-26(21(28)17-6-4-16(13-23)5-7-17)14-22(29)9-12-27(15-22)19-8-11-24-18-3-2-10-25-20(18)19/h2-8,10-11,29H,9,12-15,23H2,1H3/t22-/m1/s1. The Bertz CT molecular complexity index is 1020. The van der Waals surface area contributed by atoms with E-state index in [-0.39, 0.29) is 12.5 Å². The molecular weight excluding hydrogens is 366 g/mol. The number of fused-ring (bicyclic) bond motifs is 1. The van der Waals surface area contributed by atoms with Crippen molar-refractivity contribution in [2.75, 3.05) is 31.6 Å². The van der Waals surface area contributed by atoms with Crippen molar-refractivity contribution in [1.82, 2.24) is 14.9 Å². The van der Waals surface area contributed by atoms with Crippen LogP contribution in [0.1, 0.15) is 22.3 Å². The molecule has 3 heterocycles. The first-order chi connectivity index (χ1) is 14.0. The molecule has 7 nitrogen and oxygen atoms in total. The molecule has 0 spiro atoms. The quantitative estimate of drug-likeness (QED) is 0.689. The van der Waals surface area contributed by atoms with Gasteiger partial charge in [0.2, 0.25) is 0 Å². The summed E-state index contributed by atoms with van der Waals surface area (Å²) in [6, 6.07) is 13.0. The molecule has 4 rings (SSSR count). The predicted molar refractivity (Wildman–Crippen MR) is 113 cm³/mol. The number of hydrogen-bond donors (Lipinski definition) is 2. The van der Waals surface area contributed by atoms with E-state index < -0.39 is 5.60 Å². The molecule has 1 atom stereocenters. The highest BCUT2D eigenvalue weighted by Gasteiger charge is 2.38. The summed E-state index contributed by atoms with van der Waals surface area (Å²) in [5.41, 5.74) is 8.81. The second-order valence-electron chi connectivity index (χ2n) is 7.66. The summed E-state index contributed by atoms with van der Waals surface area (Å²) in [5.74, 6) is -0.114. The average Bonchev–Trinajstić information content (AvgIpc) is 3.14. The number of pyridine rings is 2. The summed E-state index contributed by atoms with van der Waals surface area (Å²) in [6.45, 7) is 1.84. The summed E-state index contributed by atoms with van der Waals surface area (Å²) in [5, 5.41) is 11.2. The minimum Gasteiger partial charge on any atom is -0.386 e. The first-order valence-electron chi connectivity index (χ1n) is 9.71. The van der Waals surface area contributed by atoms with Crippen molar-refractivity contribution in [3.8, 4) is 0 Å². The molecule has 0 bridgehead atoms. The van der Waals surface area contributed by atoms with Gasteiger partial charge in [-0.05, 0) is 42.3 Å². The lowest BCUT2D eigenvalue weighted by Gasteiger charge is -2.29. The van der Waals surface area contributed by atoms with Gasteiger partial charge < -0.3 is 20.6 Å². The smallest absolute Gasteiger partial charge is 0.253 e. The third-order valence-corrected chi connectivity index (χ3v) is 5.46. The van der Waals surface area contributed by atoms with Gasteiger partial charge in [0.1, 0.15) is 11.1 Å². The summed E-state index contributed by atoms with van der Waals surface area (Å²) in [7, 11) is 1.73. The Labute approximate surface area is 169 Å². The first kappa shape index (κ1) is 19.3. The highest BCUT2D eigenvalue weighted by molar-refractivity contribution is 5.94. The van der Waals surface area contributed by atoms with Gasteiger partial charge in [0.15, 0.2) is 0 Å². The molecule has 1 aromatic carbocycles. The Morgan fingerprint density at radius 1 is 1.21 bits per heavy atom. The third-order valence-electron chi connectivity index (χ3n) is 5.46.